The van der Waals surface area contributed by atoms with Crippen LogP contribution in [0.4, 0.5) is 5.69 Å². The molecule has 1 aliphatic heterocycles. The molecule has 0 bridgehead atoms. The number of carbonyl (C=O) groups excluding carboxylic acids is 1. The smallest absolute Gasteiger partial charge is 0.228 e. The molecule has 1 saturated carbocycles. The average Bonchev–Trinajstić information content (AvgIpc) is 3.40. The van der Waals surface area contributed by atoms with Crippen LogP contribution in [0.1, 0.15) is 24.8 Å². The SMILES string of the molecule is COc1ccc(NC(=O)C2CC23CCNCC3)cc1OCc1ccncc1.Cl.Cl. The van der Waals surface area contributed by atoms with Crippen molar-refractivity contribution in [3.8, 4) is 11.5 Å². The van der Waals surface area contributed by atoms with Gasteiger partial charge in [0.15, 0.2) is 11.5 Å². The Balaban J connectivity index is 0.00000150. The van der Waals surface area contributed by atoms with E-state index in [2.05, 4.69) is 15.6 Å². The van der Waals surface area contributed by atoms with Gasteiger partial charge in [-0.3, -0.25) is 9.78 Å². The summed E-state index contributed by atoms with van der Waals surface area (Å²) in [6.45, 7) is 2.44. The van der Waals surface area contributed by atoms with E-state index in [1.807, 2.05) is 30.3 Å². The fraction of sp³-hybridized carbons (Fsp3) is 0.429. The molecule has 2 aliphatic rings. The second-order valence-corrected chi connectivity index (χ2v) is 7.37. The second kappa shape index (κ2) is 10.1. The van der Waals surface area contributed by atoms with E-state index in [4.69, 9.17) is 9.47 Å². The Hall–Kier alpha value is -2.02. The number of pyridine rings is 1. The zero-order chi connectivity index (χ0) is 18.7. The number of methoxy groups -OCH3 is 1. The third-order valence-corrected chi connectivity index (χ3v) is 5.68. The number of halogens is 2. The molecule has 6 nitrogen and oxygen atoms in total. The number of carbonyl (C=O) groups is 1. The fourth-order valence-corrected chi connectivity index (χ4v) is 3.93. The number of anilines is 1. The molecule has 1 saturated heterocycles. The molecule has 1 atom stereocenters. The van der Waals surface area contributed by atoms with Crippen LogP contribution < -0.4 is 20.1 Å². The number of hydrogen-bond acceptors (Lipinski definition) is 5. The minimum atomic E-state index is 0. The molecule has 2 aromatic rings. The molecule has 4 rings (SSSR count). The highest BCUT2D eigenvalue weighted by Crippen LogP contribution is 2.58. The Morgan fingerprint density at radius 3 is 2.59 bits per heavy atom. The summed E-state index contributed by atoms with van der Waals surface area (Å²) < 4.78 is 11.3. The first-order valence-corrected chi connectivity index (χ1v) is 9.41. The van der Waals surface area contributed by atoms with Gasteiger partial charge in [-0.05, 0) is 67.6 Å². The molecule has 1 unspecified atom stereocenters. The quantitative estimate of drug-likeness (QED) is 0.714. The van der Waals surface area contributed by atoms with E-state index in [9.17, 15) is 4.79 Å². The van der Waals surface area contributed by atoms with Crippen molar-refractivity contribution < 1.29 is 14.3 Å². The highest BCUT2D eigenvalue weighted by molar-refractivity contribution is 5.95. The molecular formula is C21H27Cl2N3O3. The first kappa shape index (κ1) is 23.3. The Kier molecular flexibility index (Phi) is 8.14. The van der Waals surface area contributed by atoms with Gasteiger partial charge < -0.3 is 20.1 Å². The van der Waals surface area contributed by atoms with E-state index in [1.54, 1.807) is 19.5 Å². The number of amides is 1. The standard InChI is InChI=1S/C21H25N3O3.2ClH/c1-26-18-3-2-16(12-19(18)27-14-15-4-8-22-9-5-15)24-20(25)17-13-21(17)6-10-23-11-7-21;;/h2-5,8-9,12,17,23H,6-7,10-11,13-14H2,1H3,(H,24,25);2*1H. The van der Waals surface area contributed by atoms with Crippen LogP contribution in [0.5, 0.6) is 11.5 Å². The van der Waals surface area contributed by atoms with Crippen LogP contribution in [0, 0.1) is 11.3 Å². The minimum absolute atomic E-state index is 0. The van der Waals surface area contributed by atoms with E-state index < -0.39 is 0 Å². The first-order chi connectivity index (χ1) is 13.2. The molecule has 2 fully saturated rings. The van der Waals surface area contributed by atoms with E-state index in [0.717, 1.165) is 43.6 Å². The number of hydrogen-bond donors (Lipinski definition) is 2. The molecule has 8 heteroatoms. The van der Waals surface area contributed by atoms with Gasteiger partial charge in [-0.25, -0.2) is 0 Å². The van der Waals surface area contributed by atoms with Crippen molar-refractivity contribution in [1.29, 1.82) is 0 Å². The van der Waals surface area contributed by atoms with Crippen LogP contribution in [0.3, 0.4) is 0 Å². The maximum absolute atomic E-state index is 12.7. The Labute approximate surface area is 183 Å². The number of piperidine rings is 1. The Bertz CT molecular complexity index is 814. The Morgan fingerprint density at radius 1 is 1.17 bits per heavy atom. The van der Waals surface area contributed by atoms with E-state index in [1.165, 1.54) is 0 Å². The normalized spacial score (nSPS) is 18.7. The molecule has 2 N–H and O–H groups in total. The highest BCUT2D eigenvalue weighted by atomic mass is 35.5. The zero-order valence-corrected chi connectivity index (χ0v) is 18.0. The summed E-state index contributed by atoms with van der Waals surface area (Å²) in [5.74, 6) is 1.49. The number of ether oxygens (including phenoxy) is 2. The van der Waals surface area contributed by atoms with Gasteiger partial charge in [0.1, 0.15) is 6.61 Å². The van der Waals surface area contributed by atoms with Crippen LogP contribution >= 0.6 is 24.8 Å². The fourth-order valence-electron chi connectivity index (χ4n) is 3.93. The van der Waals surface area contributed by atoms with Crippen molar-refractivity contribution in [2.24, 2.45) is 11.3 Å². The van der Waals surface area contributed by atoms with Gasteiger partial charge in [0.25, 0.3) is 0 Å². The lowest BCUT2D eigenvalue weighted by Crippen LogP contribution is -2.31. The van der Waals surface area contributed by atoms with Gasteiger partial charge in [-0.2, -0.15) is 0 Å². The molecule has 158 valence electrons. The highest BCUT2D eigenvalue weighted by Gasteiger charge is 2.57. The van der Waals surface area contributed by atoms with Crippen molar-refractivity contribution in [2.45, 2.75) is 25.9 Å². The van der Waals surface area contributed by atoms with E-state index in [-0.39, 0.29) is 42.1 Å². The van der Waals surface area contributed by atoms with Gasteiger partial charge in [-0.1, -0.05) is 0 Å². The summed E-state index contributed by atoms with van der Waals surface area (Å²) in [4.78, 5) is 16.7. The summed E-state index contributed by atoms with van der Waals surface area (Å²) in [6.07, 6.45) is 6.65. The average molecular weight is 440 g/mol. The molecule has 1 aromatic heterocycles. The predicted molar refractivity (Wildman–Crippen MR) is 117 cm³/mol. The predicted octanol–water partition coefficient (Wildman–Crippen LogP) is 3.84. The van der Waals surface area contributed by atoms with Crippen molar-refractivity contribution >= 4 is 36.4 Å². The molecule has 1 aliphatic carbocycles. The molecular weight excluding hydrogens is 413 g/mol. The van der Waals surface area contributed by atoms with Crippen molar-refractivity contribution in [2.75, 3.05) is 25.5 Å². The van der Waals surface area contributed by atoms with E-state index in [0.29, 0.717) is 18.1 Å². The monoisotopic (exact) mass is 439 g/mol. The molecule has 1 spiro atoms. The lowest BCUT2D eigenvalue weighted by Gasteiger charge is -2.23. The maximum Gasteiger partial charge on any atom is 0.228 e. The summed E-state index contributed by atoms with van der Waals surface area (Å²) in [5.41, 5.74) is 1.98. The number of nitrogens with zero attached hydrogens (tertiary/aromatic N) is 1. The van der Waals surface area contributed by atoms with Gasteiger partial charge in [0, 0.05) is 30.1 Å². The molecule has 1 amide bonds. The summed E-state index contributed by atoms with van der Waals surface area (Å²) in [5, 5.41) is 6.43. The number of nitrogens with one attached hydrogen (secondary N) is 2. The van der Waals surface area contributed by atoms with Crippen LogP contribution in [0.2, 0.25) is 0 Å². The number of rotatable bonds is 6. The molecule has 0 radical (unpaired) electrons. The maximum atomic E-state index is 12.7. The second-order valence-electron chi connectivity index (χ2n) is 7.37. The van der Waals surface area contributed by atoms with Gasteiger partial charge >= 0.3 is 0 Å². The molecule has 2 heterocycles. The largest absolute Gasteiger partial charge is 0.493 e. The third-order valence-electron chi connectivity index (χ3n) is 5.68. The van der Waals surface area contributed by atoms with Gasteiger partial charge in [0.2, 0.25) is 5.91 Å². The summed E-state index contributed by atoms with van der Waals surface area (Å²) in [7, 11) is 1.61. The summed E-state index contributed by atoms with van der Waals surface area (Å²) in [6, 6.07) is 9.32. The van der Waals surface area contributed by atoms with E-state index >= 15 is 0 Å². The number of benzene rings is 1. The van der Waals surface area contributed by atoms with Crippen LogP contribution in [0.25, 0.3) is 0 Å². The van der Waals surface area contributed by atoms with Crippen LogP contribution in [-0.4, -0.2) is 31.1 Å². The Morgan fingerprint density at radius 2 is 1.90 bits per heavy atom. The van der Waals surface area contributed by atoms with Crippen molar-refractivity contribution in [1.82, 2.24) is 10.3 Å². The summed E-state index contributed by atoms with van der Waals surface area (Å²) >= 11 is 0. The lowest BCUT2D eigenvalue weighted by molar-refractivity contribution is -0.118. The number of aromatic nitrogens is 1. The van der Waals surface area contributed by atoms with Crippen LogP contribution in [0.15, 0.2) is 42.7 Å². The zero-order valence-electron chi connectivity index (χ0n) is 16.3. The van der Waals surface area contributed by atoms with Gasteiger partial charge in [-0.15, -0.1) is 24.8 Å². The van der Waals surface area contributed by atoms with Crippen molar-refractivity contribution in [3.05, 3.63) is 48.3 Å². The van der Waals surface area contributed by atoms with Crippen molar-refractivity contribution in [3.63, 3.8) is 0 Å². The first-order valence-electron chi connectivity index (χ1n) is 9.41. The molecule has 29 heavy (non-hydrogen) atoms. The topological polar surface area (TPSA) is 72.5 Å². The third kappa shape index (κ3) is 5.32. The lowest BCUT2D eigenvalue weighted by atomic mass is 9.92. The van der Waals surface area contributed by atoms with Gasteiger partial charge in [0.05, 0.1) is 7.11 Å². The molecule has 1 aromatic carbocycles. The van der Waals surface area contributed by atoms with Crippen LogP contribution in [-0.2, 0) is 11.4 Å². The minimum Gasteiger partial charge on any atom is -0.493 e.